The smallest absolute Gasteiger partial charge is 0.329 e. The third kappa shape index (κ3) is 22.3. The molecule has 2 aromatic rings. The molecule has 10 nitrogen and oxygen atoms in total. The molecule has 2 saturated carbocycles. The van der Waals surface area contributed by atoms with E-state index in [4.69, 9.17) is 9.47 Å². The number of carboxylic acid groups (broad SMARTS) is 1. The highest BCUT2D eigenvalue weighted by Crippen LogP contribution is 2.27. The number of methoxy groups -OCH3 is 1. The van der Waals surface area contributed by atoms with Crippen LogP contribution >= 0.6 is 0 Å². The standard InChI is InChI=1S/C42H61NO8.C12H23N/c1-7-8-9-12-15-20-34(44)21-16-13-10-11-14-17-23-36(42(5,49)30-38(45)46)39(47)43-37(40(48)51-41(2,3)4)28-31-24-26-32(27-25-31)33-19-18-22-35(29-33)50-6;1-3-7-11(8-4-1)13-12-9-5-2-6-10-12/h17-19,22-27,29,36-37,49H,7-16,20-21,28,30H2,1-6H3,(H,43,47)(H,45,46);11-13H,1-10H2/b23-17+;/t36-,37+,42+;/m1./s1. The maximum Gasteiger partial charge on any atom is 0.329 e. The molecule has 0 aromatic heterocycles. The number of hydrogen-bond donors (Lipinski definition) is 4. The zero-order valence-electron chi connectivity index (χ0n) is 40.4. The van der Waals surface area contributed by atoms with Crippen molar-refractivity contribution in [3.05, 3.63) is 66.2 Å². The molecule has 64 heavy (non-hydrogen) atoms. The van der Waals surface area contributed by atoms with Crippen LogP contribution in [-0.2, 0) is 30.3 Å². The number of ketones is 1. The van der Waals surface area contributed by atoms with Crippen LogP contribution in [0.5, 0.6) is 5.75 Å². The highest BCUT2D eigenvalue weighted by atomic mass is 16.6. The average Bonchev–Trinajstić information content (AvgIpc) is 3.25. The fourth-order valence-corrected chi connectivity index (χ4v) is 8.79. The summed E-state index contributed by atoms with van der Waals surface area (Å²) in [5.41, 5.74) is -0.0405. The largest absolute Gasteiger partial charge is 0.497 e. The molecule has 2 fully saturated rings. The number of carbonyl (C=O) groups excluding carboxylic acids is 3. The molecule has 358 valence electrons. The summed E-state index contributed by atoms with van der Waals surface area (Å²) >= 11 is 0. The number of nitrogens with one attached hydrogen (secondary N) is 2. The van der Waals surface area contributed by atoms with Gasteiger partial charge in [-0.25, -0.2) is 4.79 Å². The van der Waals surface area contributed by atoms with Crippen molar-refractivity contribution in [1.29, 1.82) is 0 Å². The topological polar surface area (TPSA) is 151 Å². The van der Waals surface area contributed by atoms with Crippen molar-refractivity contribution in [2.75, 3.05) is 7.11 Å². The average molecular weight is 889 g/mol. The maximum atomic E-state index is 13.8. The Hall–Kier alpha value is -4.02. The van der Waals surface area contributed by atoms with Gasteiger partial charge in [0.05, 0.1) is 25.0 Å². The Bertz CT molecular complexity index is 1670. The van der Waals surface area contributed by atoms with Crippen molar-refractivity contribution in [2.45, 2.75) is 218 Å². The molecule has 3 atom stereocenters. The monoisotopic (exact) mass is 889 g/mol. The number of Topliss-reactive ketones (excluding diaryl/α,β-unsaturated/α-hetero) is 1. The molecular weight excluding hydrogens is 805 g/mol. The van der Waals surface area contributed by atoms with E-state index in [0.717, 1.165) is 73.0 Å². The molecule has 10 heteroatoms. The minimum atomic E-state index is -1.92. The first kappa shape index (κ1) is 54.3. The lowest BCUT2D eigenvalue weighted by Crippen LogP contribution is -2.52. The number of esters is 1. The van der Waals surface area contributed by atoms with Crippen molar-refractivity contribution in [2.24, 2.45) is 5.92 Å². The first-order chi connectivity index (χ1) is 30.6. The minimum absolute atomic E-state index is 0.123. The van der Waals surface area contributed by atoms with E-state index in [1.54, 1.807) is 34.0 Å². The van der Waals surface area contributed by atoms with E-state index in [1.807, 2.05) is 48.5 Å². The van der Waals surface area contributed by atoms with E-state index in [0.29, 0.717) is 25.0 Å². The Morgan fingerprint density at radius 1 is 0.766 bits per heavy atom. The number of carboxylic acids is 1. The molecule has 0 heterocycles. The lowest BCUT2D eigenvalue weighted by molar-refractivity contribution is -0.160. The zero-order chi connectivity index (χ0) is 46.8. The number of benzene rings is 2. The molecule has 0 unspecified atom stereocenters. The first-order valence-electron chi connectivity index (χ1n) is 24.8. The molecule has 0 aliphatic heterocycles. The van der Waals surface area contributed by atoms with Gasteiger partial charge in [0.2, 0.25) is 5.91 Å². The quantitative estimate of drug-likeness (QED) is 0.0411. The third-order valence-corrected chi connectivity index (χ3v) is 12.4. The molecule has 0 spiro atoms. The summed E-state index contributed by atoms with van der Waals surface area (Å²) in [6.07, 6.45) is 28.4. The van der Waals surface area contributed by atoms with E-state index < -0.39 is 47.4 Å². The van der Waals surface area contributed by atoms with Crippen molar-refractivity contribution >= 4 is 23.6 Å². The molecule has 2 aliphatic carbocycles. The van der Waals surface area contributed by atoms with Gasteiger partial charge < -0.3 is 30.3 Å². The van der Waals surface area contributed by atoms with Gasteiger partial charge >= 0.3 is 11.9 Å². The highest BCUT2D eigenvalue weighted by molar-refractivity contribution is 5.88. The van der Waals surface area contributed by atoms with Crippen molar-refractivity contribution < 1.29 is 38.9 Å². The van der Waals surface area contributed by atoms with Crippen molar-refractivity contribution in [3.8, 4) is 16.9 Å². The summed E-state index contributed by atoms with van der Waals surface area (Å²) in [5.74, 6) is -2.72. The fourth-order valence-electron chi connectivity index (χ4n) is 8.79. The molecule has 0 saturated heterocycles. The minimum Gasteiger partial charge on any atom is -0.497 e. The molecule has 0 bridgehead atoms. The number of ether oxygens (including phenoxy) is 2. The Labute approximate surface area is 386 Å². The Morgan fingerprint density at radius 2 is 1.34 bits per heavy atom. The summed E-state index contributed by atoms with van der Waals surface area (Å²) in [7, 11) is 1.61. The molecule has 4 rings (SSSR count). The van der Waals surface area contributed by atoms with Gasteiger partial charge in [0, 0.05) is 31.3 Å². The number of carbonyl (C=O) groups is 4. The van der Waals surface area contributed by atoms with Crippen molar-refractivity contribution in [1.82, 2.24) is 10.6 Å². The van der Waals surface area contributed by atoms with Gasteiger partial charge in [0.15, 0.2) is 0 Å². The molecule has 2 aromatic carbocycles. The predicted molar refractivity (Wildman–Crippen MR) is 258 cm³/mol. The summed E-state index contributed by atoms with van der Waals surface area (Å²) < 4.78 is 11.0. The van der Waals surface area contributed by atoms with Crippen LogP contribution in [0.2, 0.25) is 0 Å². The molecular formula is C54H84N2O8. The zero-order valence-corrected chi connectivity index (χ0v) is 40.4. The van der Waals surface area contributed by atoms with Crippen LogP contribution in [-0.4, -0.2) is 70.3 Å². The highest BCUT2D eigenvalue weighted by Gasteiger charge is 2.39. The van der Waals surface area contributed by atoms with Gasteiger partial charge in [-0.05, 0) is 108 Å². The van der Waals surface area contributed by atoms with Crippen LogP contribution in [0.1, 0.15) is 188 Å². The summed E-state index contributed by atoms with van der Waals surface area (Å²) in [5, 5.41) is 27.3. The number of hydrogen-bond acceptors (Lipinski definition) is 8. The number of aliphatic carboxylic acids is 1. The Balaban J connectivity index is 0.000000705. The van der Waals surface area contributed by atoms with Gasteiger partial charge in [-0.15, -0.1) is 0 Å². The van der Waals surface area contributed by atoms with Crippen LogP contribution in [0.25, 0.3) is 11.1 Å². The number of unbranched alkanes of at least 4 members (excludes halogenated alkanes) is 8. The van der Waals surface area contributed by atoms with Crippen LogP contribution in [0.3, 0.4) is 0 Å². The number of rotatable bonds is 26. The van der Waals surface area contributed by atoms with E-state index in [1.165, 1.54) is 96.5 Å². The van der Waals surface area contributed by atoms with E-state index >= 15 is 0 Å². The van der Waals surface area contributed by atoms with E-state index in [2.05, 4.69) is 17.6 Å². The third-order valence-electron chi connectivity index (χ3n) is 12.4. The number of aliphatic hydroxyl groups is 1. The molecule has 1 amide bonds. The van der Waals surface area contributed by atoms with Crippen molar-refractivity contribution in [3.63, 3.8) is 0 Å². The summed E-state index contributed by atoms with van der Waals surface area (Å²) in [6, 6.07) is 15.9. The van der Waals surface area contributed by atoms with Crippen LogP contribution in [0.15, 0.2) is 60.7 Å². The van der Waals surface area contributed by atoms with Crippen LogP contribution in [0.4, 0.5) is 0 Å². The summed E-state index contributed by atoms with van der Waals surface area (Å²) in [4.78, 5) is 50.9. The second-order valence-electron chi connectivity index (χ2n) is 19.6. The second-order valence-corrected chi connectivity index (χ2v) is 19.6. The van der Waals surface area contributed by atoms with Gasteiger partial charge in [-0.3, -0.25) is 14.4 Å². The molecule has 2 aliphatic rings. The van der Waals surface area contributed by atoms with E-state index in [9.17, 15) is 29.4 Å². The van der Waals surface area contributed by atoms with Gasteiger partial charge in [0.1, 0.15) is 23.2 Å². The second kappa shape index (κ2) is 29.5. The normalized spacial score (nSPS) is 16.8. The first-order valence-corrected chi connectivity index (χ1v) is 24.8. The lowest BCUT2D eigenvalue weighted by Gasteiger charge is -2.31. The van der Waals surface area contributed by atoms with Crippen LogP contribution < -0.4 is 15.4 Å². The number of amides is 1. The van der Waals surface area contributed by atoms with Gasteiger partial charge in [-0.2, -0.15) is 0 Å². The van der Waals surface area contributed by atoms with Crippen LogP contribution in [0, 0.1) is 5.92 Å². The molecule has 4 N–H and O–H groups in total. The Kier molecular flexibility index (Phi) is 25.0. The summed E-state index contributed by atoms with van der Waals surface area (Å²) in [6.45, 7) is 8.71. The van der Waals surface area contributed by atoms with E-state index in [-0.39, 0.29) is 6.42 Å². The Morgan fingerprint density at radius 3 is 1.89 bits per heavy atom. The van der Waals surface area contributed by atoms with Gasteiger partial charge in [0.25, 0.3) is 0 Å². The maximum absolute atomic E-state index is 13.8. The number of allylic oxidation sites excluding steroid dienone is 1. The fraction of sp³-hybridized carbons (Fsp3) is 0.667. The molecule has 0 radical (unpaired) electrons. The predicted octanol–water partition coefficient (Wildman–Crippen LogP) is 11.6. The lowest BCUT2D eigenvalue weighted by atomic mass is 9.84. The SMILES string of the molecule is C1CCC(NC2CCCCC2)CC1.CCCCCCCC(=O)CCCCCC/C=C/[C@H](C(=O)N[C@@H](Cc1ccc(-c2cccc(OC)c2)cc1)C(=O)OC(C)(C)C)[C@@](C)(O)CC(=O)O. The van der Waals surface area contributed by atoms with Gasteiger partial charge in [-0.1, -0.05) is 133 Å².